The van der Waals surface area contributed by atoms with Gasteiger partial charge in [-0.3, -0.25) is 4.79 Å². The summed E-state index contributed by atoms with van der Waals surface area (Å²) < 4.78 is 7.41. The summed E-state index contributed by atoms with van der Waals surface area (Å²) in [5.41, 5.74) is 2.07. The van der Waals surface area contributed by atoms with Crippen LogP contribution in [-0.2, 0) is 17.9 Å². The Morgan fingerprint density at radius 3 is 2.58 bits per heavy atom. The van der Waals surface area contributed by atoms with Gasteiger partial charge in [-0.05, 0) is 29.8 Å². The number of nitrogens with one attached hydrogen (secondary N) is 1. The van der Waals surface area contributed by atoms with Gasteiger partial charge in [-0.15, -0.1) is 0 Å². The molecule has 0 aliphatic carbocycles. The number of aromatic nitrogens is 1. The summed E-state index contributed by atoms with van der Waals surface area (Å²) in [5, 5.41) is 12.8. The van der Waals surface area contributed by atoms with Crippen LogP contribution in [0, 0.1) is 0 Å². The Labute approximate surface area is 151 Å². The van der Waals surface area contributed by atoms with Gasteiger partial charge in [-0.25, -0.2) is 4.79 Å². The van der Waals surface area contributed by atoms with E-state index in [9.17, 15) is 9.59 Å². The number of rotatable bonds is 7. The van der Waals surface area contributed by atoms with Crippen molar-refractivity contribution in [2.45, 2.75) is 19.5 Å². The fourth-order valence-electron chi connectivity index (χ4n) is 2.85. The maximum absolute atomic E-state index is 12.1. The zero-order valence-corrected chi connectivity index (χ0v) is 14.4. The van der Waals surface area contributed by atoms with Crippen LogP contribution in [0.5, 0.6) is 5.75 Å². The summed E-state index contributed by atoms with van der Waals surface area (Å²) in [6, 6.07) is 14.3. The molecule has 6 heteroatoms. The number of para-hydroxylation sites is 1. The molecule has 2 N–H and O–H groups in total. The van der Waals surface area contributed by atoms with Gasteiger partial charge in [0.2, 0.25) is 5.91 Å². The summed E-state index contributed by atoms with van der Waals surface area (Å²) >= 11 is 0. The van der Waals surface area contributed by atoms with Crippen LogP contribution in [0.25, 0.3) is 10.9 Å². The van der Waals surface area contributed by atoms with Crippen molar-refractivity contribution < 1.29 is 19.4 Å². The Balaban J connectivity index is 1.57. The number of fused-ring (bicyclic) bond motifs is 1. The van der Waals surface area contributed by atoms with Crippen molar-refractivity contribution in [1.82, 2.24) is 9.88 Å². The lowest BCUT2D eigenvalue weighted by Gasteiger charge is -2.10. The third-order valence-electron chi connectivity index (χ3n) is 4.24. The zero-order chi connectivity index (χ0) is 18.5. The second-order valence-corrected chi connectivity index (χ2v) is 5.94. The average molecular weight is 352 g/mol. The number of amides is 1. The molecule has 0 atom stereocenters. The summed E-state index contributed by atoms with van der Waals surface area (Å²) in [6.45, 7) is 0.919. The van der Waals surface area contributed by atoms with Crippen LogP contribution in [-0.4, -0.2) is 28.7 Å². The second kappa shape index (κ2) is 7.74. The van der Waals surface area contributed by atoms with E-state index < -0.39 is 5.97 Å². The molecule has 1 amide bonds. The van der Waals surface area contributed by atoms with Gasteiger partial charge in [-0.2, -0.15) is 0 Å². The predicted molar refractivity (Wildman–Crippen MR) is 98.4 cm³/mol. The first-order valence-electron chi connectivity index (χ1n) is 8.29. The van der Waals surface area contributed by atoms with Gasteiger partial charge in [0.15, 0.2) is 0 Å². The molecule has 0 unspecified atom stereocenters. The highest BCUT2D eigenvalue weighted by Gasteiger charge is 2.09. The molecule has 134 valence electrons. The highest BCUT2D eigenvalue weighted by atomic mass is 16.5. The number of carboxylic acid groups (broad SMARTS) is 1. The number of carboxylic acids is 1. The molecule has 26 heavy (non-hydrogen) atoms. The number of carbonyl (C=O) groups is 2. The largest absolute Gasteiger partial charge is 0.495 e. The minimum Gasteiger partial charge on any atom is -0.495 e. The molecule has 0 aliphatic rings. The third-order valence-corrected chi connectivity index (χ3v) is 4.24. The molecule has 0 saturated heterocycles. The van der Waals surface area contributed by atoms with E-state index in [1.807, 2.05) is 35.0 Å². The second-order valence-electron chi connectivity index (χ2n) is 5.94. The van der Waals surface area contributed by atoms with Gasteiger partial charge < -0.3 is 19.7 Å². The van der Waals surface area contributed by atoms with Crippen LogP contribution in [0.4, 0.5) is 0 Å². The topological polar surface area (TPSA) is 80.6 Å². The number of aryl methyl sites for hydroxylation is 1. The number of nitrogens with zero attached hydrogens (tertiary/aromatic N) is 1. The van der Waals surface area contributed by atoms with Gasteiger partial charge in [-0.1, -0.05) is 24.3 Å². The predicted octanol–water partition coefficient (Wildman–Crippen LogP) is 3.05. The van der Waals surface area contributed by atoms with Crippen molar-refractivity contribution >= 4 is 22.8 Å². The molecule has 6 nitrogen and oxygen atoms in total. The molecule has 0 aliphatic heterocycles. The van der Waals surface area contributed by atoms with Crippen molar-refractivity contribution in [3.8, 4) is 5.75 Å². The molecular weight excluding hydrogens is 332 g/mol. The van der Waals surface area contributed by atoms with Crippen LogP contribution in [0.15, 0.2) is 54.7 Å². The Bertz CT molecular complexity index is 929. The fraction of sp³-hybridized carbons (Fsp3) is 0.200. The first-order valence-corrected chi connectivity index (χ1v) is 8.29. The first-order chi connectivity index (χ1) is 12.6. The summed E-state index contributed by atoms with van der Waals surface area (Å²) in [7, 11) is 1.63. The summed E-state index contributed by atoms with van der Waals surface area (Å²) in [4.78, 5) is 23.0. The number of methoxy groups -OCH3 is 1. The summed E-state index contributed by atoms with van der Waals surface area (Å²) in [5.74, 6) is -0.245. The van der Waals surface area contributed by atoms with E-state index in [0.717, 1.165) is 22.2 Å². The summed E-state index contributed by atoms with van der Waals surface area (Å²) in [6.07, 6.45) is 2.29. The molecule has 0 radical (unpaired) electrons. The van der Waals surface area contributed by atoms with E-state index in [-0.39, 0.29) is 11.5 Å². The van der Waals surface area contributed by atoms with E-state index in [2.05, 4.69) is 5.32 Å². The van der Waals surface area contributed by atoms with Gasteiger partial charge in [0.05, 0.1) is 18.2 Å². The molecule has 3 rings (SSSR count). The van der Waals surface area contributed by atoms with Crippen molar-refractivity contribution in [2.24, 2.45) is 0 Å². The van der Waals surface area contributed by atoms with Gasteiger partial charge in [0, 0.05) is 31.1 Å². The zero-order valence-electron chi connectivity index (χ0n) is 14.4. The van der Waals surface area contributed by atoms with E-state index in [1.165, 1.54) is 12.1 Å². The number of carbonyl (C=O) groups excluding carboxylic acids is 1. The molecule has 0 spiro atoms. The van der Waals surface area contributed by atoms with E-state index in [4.69, 9.17) is 9.84 Å². The molecule has 1 heterocycles. The van der Waals surface area contributed by atoms with Gasteiger partial charge in [0.25, 0.3) is 0 Å². The van der Waals surface area contributed by atoms with E-state index >= 15 is 0 Å². The number of hydrogen-bond donors (Lipinski definition) is 2. The Hall–Kier alpha value is -3.28. The van der Waals surface area contributed by atoms with Crippen LogP contribution in [0.3, 0.4) is 0 Å². The van der Waals surface area contributed by atoms with E-state index in [1.54, 1.807) is 19.2 Å². The average Bonchev–Trinajstić information content (AvgIpc) is 3.08. The number of aromatic carboxylic acids is 1. The minimum atomic E-state index is -0.963. The first kappa shape index (κ1) is 17.5. The molecule has 0 bridgehead atoms. The molecule has 1 aromatic heterocycles. The molecule has 3 aromatic rings. The normalized spacial score (nSPS) is 10.7. The van der Waals surface area contributed by atoms with Crippen molar-refractivity contribution in [3.63, 3.8) is 0 Å². The number of ether oxygens (including phenoxy) is 1. The molecule has 0 fully saturated rings. The molecular formula is C20H20N2O4. The maximum Gasteiger partial charge on any atom is 0.335 e. The van der Waals surface area contributed by atoms with Crippen molar-refractivity contribution in [1.29, 1.82) is 0 Å². The lowest BCUT2D eigenvalue weighted by molar-refractivity contribution is -0.121. The van der Waals surface area contributed by atoms with Crippen molar-refractivity contribution in [3.05, 3.63) is 65.9 Å². The fourth-order valence-corrected chi connectivity index (χ4v) is 2.85. The van der Waals surface area contributed by atoms with Crippen molar-refractivity contribution in [2.75, 3.05) is 7.11 Å². The molecule has 2 aromatic carbocycles. The maximum atomic E-state index is 12.1. The van der Waals surface area contributed by atoms with Crippen LogP contribution >= 0.6 is 0 Å². The minimum absolute atomic E-state index is 0.0657. The Morgan fingerprint density at radius 2 is 1.88 bits per heavy atom. The number of hydrogen-bond acceptors (Lipinski definition) is 3. The van der Waals surface area contributed by atoms with E-state index in [0.29, 0.717) is 19.5 Å². The SMILES string of the molecule is COc1cccc2ccn(CCC(=O)NCc3ccc(C(=O)O)cc3)c12. The molecule has 0 saturated carbocycles. The highest BCUT2D eigenvalue weighted by molar-refractivity contribution is 5.87. The van der Waals surface area contributed by atoms with Gasteiger partial charge in [0.1, 0.15) is 5.75 Å². The van der Waals surface area contributed by atoms with Crippen LogP contribution in [0.1, 0.15) is 22.3 Å². The smallest absolute Gasteiger partial charge is 0.335 e. The standard InChI is InChI=1S/C20H20N2O4/c1-26-17-4-2-3-15-9-11-22(19(15)17)12-10-18(23)21-13-14-5-7-16(8-6-14)20(24)25/h2-9,11H,10,12-13H2,1H3,(H,21,23)(H,24,25). The Kier molecular flexibility index (Phi) is 5.22. The Morgan fingerprint density at radius 1 is 1.12 bits per heavy atom. The lowest BCUT2D eigenvalue weighted by Crippen LogP contribution is -2.23. The quantitative estimate of drug-likeness (QED) is 0.685. The monoisotopic (exact) mass is 352 g/mol. The number of benzene rings is 2. The lowest BCUT2D eigenvalue weighted by atomic mass is 10.1. The van der Waals surface area contributed by atoms with Crippen LogP contribution in [0.2, 0.25) is 0 Å². The van der Waals surface area contributed by atoms with Gasteiger partial charge >= 0.3 is 5.97 Å². The highest BCUT2D eigenvalue weighted by Crippen LogP contribution is 2.26. The van der Waals surface area contributed by atoms with Crippen LogP contribution < -0.4 is 10.1 Å². The third kappa shape index (κ3) is 3.85.